The van der Waals surface area contributed by atoms with E-state index in [1.54, 1.807) is 12.1 Å². The second-order valence-electron chi connectivity index (χ2n) is 7.60. The highest BCUT2D eigenvalue weighted by molar-refractivity contribution is 5.95. The van der Waals surface area contributed by atoms with E-state index in [1.165, 1.54) is 0 Å². The van der Waals surface area contributed by atoms with Crippen LogP contribution < -0.4 is 10.6 Å². The summed E-state index contributed by atoms with van der Waals surface area (Å²) >= 11 is 0. The SMILES string of the molecule is CC1CCN(C(=O)CNc2cccc(C(=O)NC(C)c3ccccc3)c2)CC1. The Morgan fingerprint density at radius 3 is 2.50 bits per heavy atom. The van der Waals surface area contributed by atoms with Gasteiger partial charge >= 0.3 is 0 Å². The number of amides is 2. The smallest absolute Gasteiger partial charge is 0.251 e. The molecule has 1 heterocycles. The lowest BCUT2D eigenvalue weighted by atomic mass is 9.99. The van der Waals surface area contributed by atoms with Crippen molar-refractivity contribution in [2.45, 2.75) is 32.7 Å². The van der Waals surface area contributed by atoms with Gasteiger partial charge in [0.15, 0.2) is 0 Å². The zero-order valence-electron chi connectivity index (χ0n) is 16.7. The Morgan fingerprint density at radius 2 is 1.79 bits per heavy atom. The Hall–Kier alpha value is -2.82. The van der Waals surface area contributed by atoms with Crippen molar-refractivity contribution < 1.29 is 9.59 Å². The van der Waals surface area contributed by atoms with Gasteiger partial charge in [0.25, 0.3) is 5.91 Å². The first-order chi connectivity index (χ1) is 13.5. The van der Waals surface area contributed by atoms with Crippen molar-refractivity contribution >= 4 is 17.5 Å². The molecule has 2 amide bonds. The van der Waals surface area contributed by atoms with Crippen molar-refractivity contribution in [1.82, 2.24) is 10.2 Å². The summed E-state index contributed by atoms with van der Waals surface area (Å²) in [5.74, 6) is 0.682. The molecule has 28 heavy (non-hydrogen) atoms. The molecule has 0 aliphatic carbocycles. The van der Waals surface area contributed by atoms with Crippen LogP contribution >= 0.6 is 0 Å². The minimum absolute atomic E-state index is 0.0756. The molecule has 2 aromatic carbocycles. The molecule has 0 spiro atoms. The van der Waals surface area contributed by atoms with E-state index in [1.807, 2.05) is 54.3 Å². The Kier molecular flexibility index (Phi) is 6.69. The standard InChI is InChI=1S/C23H29N3O2/c1-17-11-13-26(14-12-17)22(27)16-24-21-10-6-9-20(15-21)23(28)25-18(2)19-7-4-3-5-8-19/h3-10,15,17-18,24H,11-14,16H2,1-2H3,(H,25,28). The van der Waals surface area contributed by atoms with Crippen LogP contribution in [0.5, 0.6) is 0 Å². The van der Waals surface area contributed by atoms with Crippen LogP contribution in [0.4, 0.5) is 5.69 Å². The van der Waals surface area contributed by atoms with E-state index in [-0.39, 0.29) is 24.4 Å². The van der Waals surface area contributed by atoms with Crippen molar-refractivity contribution in [3.8, 4) is 0 Å². The van der Waals surface area contributed by atoms with Gasteiger partial charge in [-0.05, 0) is 49.4 Å². The average molecular weight is 380 g/mol. The van der Waals surface area contributed by atoms with E-state index in [0.29, 0.717) is 11.5 Å². The third kappa shape index (κ3) is 5.35. The molecule has 5 nitrogen and oxygen atoms in total. The van der Waals surface area contributed by atoms with E-state index in [4.69, 9.17) is 0 Å². The molecule has 2 N–H and O–H groups in total. The van der Waals surface area contributed by atoms with E-state index >= 15 is 0 Å². The molecule has 1 aliphatic heterocycles. The van der Waals surface area contributed by atoms with Gasteiger partial charge in [-0.2, -0.15) is 0 Å². The first-order valence-corrected chi connectivity index (χ1v) is 10.0. The van der Waals surface area contributed by atoms with Crippen molar-refractivity contribution in [2.24, 2.45) is 5.92 Å². The number of benzene rings is 2. The molecule has 1 fully saturated rings. The number of nitrogens with zero attached hydrogens (tertiary/aromatic N) is 1. The second kappa shape index (κ2) is 9.40. The summed E-state index contributed by atoms with van der Waals surface area (Å²) < 4.78 is 0. The van der Waals surface area contributed by atoms with Crippen molar-refractivity contribution in [3.05, 3.63) is 65.7 Å². The molecule has 0 radical (unpaired) electrons. The van der Waals surface area contributed by atoms with Crippen LogP contribution in [0.3, 0.4) is 0 Å². The Balaban J connectivity index is 1.54. The van der Waals surface area contributed by atoms with Gasteiger partial charge in [-0.25, -0.2) is 0 Å². The van der Waals surface area contributed by atoms with Crippen LogP contribution in [0.25, 0.3) is 0 Å². The van der Waals surface area contributed by atoms with E-state index in [0.717, 1.165) is 37.2 Å². The fourth-order valence-electron chi connectivity index (χ4n) is 3.42. The molecule has 1 aliphatic rings. The minimum atomic E-state index is -0.128. The fourth-order valence-corrected chi connectivity index (χ4v) is 3.42. The number of nitrogens with one attached hydrogen (secondary N) is 2. The molecule has 0 saturated carbocycles. The maximum atomic E-state index is 12.6. The topological polar surface area (TPSA) is 61.4 Å². The summed E-state index contributed by atoms with van der Waals surface area (Å²) in [4.78, 5) is 26.9. The van der Waals surface area contributed by atoms with Gasteiger partial charge in [0.05, 0.1) is 12.6 Å². The highest BCUT2D eigenvalue weighted by atomic mass is 16.2. The van der Waals surface area contributed by atoms with Crippen LogP contribution in [-0.2, 0) is 4.79 Å². The quantitative estimate of drug-likeness (QED) is 0.801. The number of carbonyl (C=O) groups excluding carboxylic acids is 2. The molecule has 5 heteroatoms. The molecular formula is C23H29N3O2. The van der Waals surface area contributed by atoms with Crippen molar-refractivity contribution in [3.63, 3.8) is 0 Å². The Morgan fingerprint density at radius 1 is 1.07 bits per heavy atom. The molecule has 0 bridgehead atoms. The Labute approximate surface area is 167 Å². The van der Waals surface area contributed by atoms with Crippen LogP contribution in [0.2, 0.25) is 0 Å². The van der Waals surface area contributed by atoms with E-state index < -0.39 is 0 Å². The summed E-state index contributed by atoms with van der Waals surface area (Å²) in [6.45, 7) is 6.12. The lowest BCUT2D eigenvalue weighted by Crippen LogP contribution is -2.40. The van der Waals surface area contributed by atoms with Gasteiger partial charge in [-0.3, -0.25) is 9.59 Å². The number of hydrogen-bond donors (Lipinski definition) is 2. The van der Waals surface area contributed by atoms with Gasteiger partial charge in [0.1, 0.15) is 0 Å². The number of rotatable bonds is 6. The monoisotopic (exact) mass is 379 g/mol. The van der Waals surface area contributed by atoms with Crippen molar-refractivity contribution in [1.29, 1.82) is 0 Å². The Bertz CT molecular complexity index is 799. The predicted octanol–water partition coefficient (Wildman–Crippen LogP) is 3.85. The normalized spacial score (nSPS) is 15.7. The molecule has 1 unspecified atom stereocenters. The van der Waals surface area contributed by atoms with Gasteiger partial charge in [0, 0.05) is 24.3 Å². The lowest BCUT2D eigenvalue weighted by Gasteiger charge is -2.30. The van der Waals surface area contributed by atoms with Gasteiger partial charge in [-0.15, -0.1) is 0 Å². The van der Waals surface area contributed by atoms with E-state index in [2.05, 4.69) is 17.6 Å². The number of likely N-dealkylation sites (tertiary alicyclic amines) is 1. The number of hydrogen-bond acceptors (Lipinski definition) is 3. The number of anilines is 1. The summed E-state index contributed by atoms with van der Waals surface area (Å²) in [5, 5.41) is 6.18. The number of piperidine rings is 1. The van der Waals surface area contributed by atoms with Crippen LogP contribution in [0, 0.1) is 5.92 Å². The van der Waals surface area contributed by atoms with E-state index in [9.17, 15) is 9.59 Å². The predicted molar refractivity (Wildman–Crippen MR) is 112 cm³/mol. The highest BCUT2D eigenvalue weighted by Gasteiger charge is 2.20. The molecule has 1 atom stereocenters. The van der Waals surface area contributed by atoms with Gasteiger partial charge in [-0.1, -0.05) is 43.3 Å². The molecule has 148 valence electrons. The minimum Gasteiger partial charge on any atom is -0.376 e. The van der Waals surface area contributed by atoms with Crippen LogP contribution in [-0.4, -0.2) is 36.3 Å². The van der Waals surface area contributed by atoms with Gasteiger partial charge < -0.3 is 15.5 Å². The molecular weight excluding hydrogens is 350 g/mol. The summed E-state index contributed by atoms with van der Waals surface area (Å²) in [6.07, 6.45) is 2.14. The van der Waals surface area contributed by atoms with Crippen molar-refractivity contribution in [2.75, 3.05) is 25.0 Å². The average Bonchev–Trinajstić information content (AvgIpc) is 2.73. The first kappa shape index (κ1) is 19.9. The third-order valence-corrected chi connectivity index (χ3v) is 5.35. The second-order valence-corrected chi connectivity index (χ2v) is 7.60. The summed E-state index contributed by atoms with van der Waals surface area (Å²) in [5.41, 5.74) is 2.41. The molecule has 1 saturated heterocycles. The molecule has 3 rings (SSSR count). The maximum Gasteiger partial charge on any atom is 0.251 e. The van der Waals surface area contributed by atoms with Crippen LogP contribution in [0.1, 0.15) is 48.7 Å². The molecule has 2 aromatic rings. The third-order valence-electron chi connectivity index (χ3n) is 5.35. The number of carbonyl (C=O) groups is 2. The highest BCUT2D eigenvalue weighted by Crippen LogP contribution is 2.17. The van der Waals surface area contributed by atoms with Crippen LogP contribution in [0.15, 0.2) is 54.6 Å². The lowest BCUT2D eigenvalue weighted by molar-refractivity contribution is -0.130. The summed E-state index contributed by atoms with van der Waals surface area (Å²) in [7, 11) is 0. The van der Waals surface area contributed by atoms with Gasteiger partial charge in [0.2, 0.25) is 5.91 Å². The summed E-state index contributed by atoms with van der Waals surface area (Å²) in [6, 6.07) is 17.1. The zero-order valence-corrected chi connectivity index (χ0v) is 16.7. The first-order valence-electron chi connectivity index (χ1n) is 10.0. The largest absolute Gasteiger partial charge is 0.376 e. The maximum absolute atomic E-state index is 12.6. The zero-order chi connectivity index (χ0) is 19.9. The fraction of sp³-hybridized carbons (Fsp3) is 0.391. The molecule has 0 aromatic heterocycles.